The molecule has 1 saturated heterocycles. The Kier molecular flexibility index (Phi) is 2.78. The number of Topliss-reactive ketones (excluding diaryl/α,β-unsaturated/α-hetero) is 1. The minimum absolute atomic E-state index is 0.00815. The van der Waals surface area contributed by atoms with Crippen LogP contribution in [0.25, 0.3) is 0 Å². The van der Waals surface area contributed by atoms with E-state index >= 15 is 0 Å². The highest BCUT2D eigenvalue weighted by molar-refractivity contribution is 6.40. The van der Waals surface area contributed by atoms with Crippen molar-refractivity contribution in [2.45, 2.75) is 20.0 Å². The molecule has 0 radical (unpaired) electrons. The molecule has 3 unspecified atom stereocenters. The van der Waals surface area contributed by atoms with Gasteiger partial charge in [-0.1, -0.05) is 29.8 Å². The lowest BCUT2D eigenvalue weighted by molar-refractivity contribution is -0.117. The maximum Gasteiger partial charge on any atom is 0.182 e. The molecule has 1 aromatic rings. The minimum atomic E-state index is 0.00815. The second kappa shape index (κ2) is 4.32. The Hall–Kier alpha value is -1.48. The molecular weight excluding hydrogens is 226 g/mol. The normalized spacial score (nSPS) is 31.1. The summed E-state index contributed by atoms with van der Waals surface area (Å²) in [6.45, 7) is 5.12. The molecule has 3 heteroatoms. The lowest BCUT2D eigenvalue weighted by Crippen LogP contribution is -2.34. The van der Waals surface area contributed by atoms with E-state index in [9.17, 15) is 4.79 Å². The molecule has 2 heterocycles. The van der Waals surface area contributed by atoms with Crippen LogP contribution in [-0.2, 0) is 9.53 Å². The van der Waals surface area contributed by atoms with E-state index in [1.807, 2.05) is 0 Å². The number of fused-ring (bicyclic) bond motifs is 1. The van der Waals surface area contributed by atoms with Gasteiger partial charge in [0.1, 0.15) is 0 Å². The third kappa shape index (κ3) is 1.79. The first-order chi connectivity index (χ1) is 8.66. The van der Waals surface area contributed by atoms with E-state index in [4.69, 9.17) is 4.74 Å². The number of carbonyl (C=O) groups is 1. The first-order valence-corrected chi connectivity index (χ1v) is 6.40. The topological polar surface area (TPSA) is 38.7 Å². The summed E-state index contributed by atoms with van der Waals surface area (Å²) < 4.78 is 5.85. The SMILES string of the molecule is CC1=NCC2C(COC2c2ccc(C)cc2)C1=O. The Morgan fingerprint density at radius 1 is 1.22 bits per heavy atom. The second-order valence-corrected chi connectivity index (χ2v) is 5.23. The molecule has 1 fully saturated rings. The van der Waals surface area contributed by atoms with Crippen LogP contribution in [0.15, 0.2) is 29.3 Å². The summed E-state index contributed by atoms with van der Waals surface area (Å²) in [6, 6.07) is 8.37. The number of aryl methyl sites for hydroxylation is 1. The van der Waals surface area contributed by atoms with E-state index in [2.05, 4.69) is 36.2 Å². The smallest absolute Gasteiger partial charge is 0.182 e. The van der Waals surface area contributed by atoms with Gasteiger partial charge in [0.2, 0.25) is 0 Å². The number of ketones is 1. The van der Waals surface area contributed by atoms with Gasteiger partial charge in [-0.05, 0) is 19.4 Å². The average Bonchev–Trinajstić information content (AvgIpc) is 2.79. The first-order valence-electron chi connectivity index (χ1n) is 6.40. The zero-order chi connectivity index (χ0) is 12.7. The average molecular weight is 243 g/mol. The lowest BCUT2D eigenvalue weighted by Gasteiger charge is -2.24. The molecule has 0 aliphatic carbocycles. The van der Waals surface area contributed by atoms with E-state index in [1.165, 1.54) is 5.56 Å². The van der Waals surface area contributed by atoms with Gasteiger partial charge in [-0.2, -0.15) is 0 Å². The summed E-state index contributed by atoms with van der Waals surface area (Å²) in [5.74, 6) is 0.388. The molecule has 0 N–H and O–H groups in total. The Labute approximate surface area is 107 Å². The summed E-state index contributed by atoms with van der Waals surface area (Å²) in [7, 11) is 0. The molecule has 0 spiro atoms. The van der Waals surface area contributed by atoms with Crippen molar-refractivity contribution < 1.29 is 9.53 Å². The Balaban J connectivity index is 1.88. The molecule has 0 bridgehead atoms. The van der Waals surface area contributed by atoms with Crippen LogP contribution in [0.4, 0.5) is 0 Å². The maximum absolute atomic E-state index is 12.0. The van der Waals surface area contributed by atoms with Gasteiger partial charge in [-0.15, -0.1) is 0 Å². The molecule has 3 nitrogen and oxygen atoms in total. The minimum Gasteiger partial charge on any atom is -0.372 e. The van der Waals surface area contributed by atoms with E-state index in [1.54, 1.807) is 6.92 Å². The number of hydrogen-bond donors (Lipinski definition) is 0. The second-order valence-electron chi connectivity index (χ2n) is 5.23. The van der Waals surface area contributed by atoms with Gasteiger partial charge >= 0.3 is 0 Å². The van der Waals surface area contributed by atoms with Crippen LogP contribution in [0.3, 0.4) is 0 Å². The molecule has 3 atom stereocenters. The van der Waals surface area contributed by atoms with Crippen molar-refractivity contribution in [1.82, 2.24) is 0 Å². The highest BCUT2D eigenvalue weighted by Gasteiger charge is 2.44. The van der Waals surface area contributed by atoms with Gasteiger partial charge in [-0.25, -0.2) is 0 Å². The monoisotopic (exact) mass is 243 g/mol. The van der Waals surface area contributed by atoms with Gasteiger partial charge in [0.15, 0.2) is 5.78 Å². The molecule has 3 rings (SSSR count). The van der Waals surface area contributed by atoms with Crippen molar-refractivity contribution in [3.05, 3.63) is 35.4 Å². The Morgan fingerprint density at radius 2 is 1.94 bits per heavy atom. The molecule has 0 amide bonds. The fraction of sp³-hybridized carbons (Fsp3) is 0.467. The molecule has 18 heavy (non-hydrogen) atoms. The van der Waals surface area contributed by atoms with Crippen LogP contribution in [0, 0.1) is 18.8 Å². The number of aliphatic imine (C=N–C) groups is 1. The molecule has 0 aromatic heterocycles. The summed E-state index contributed by atoms with van der Waals surface area (Å²) in [5.41, 5.74) is 3.06. The predicted octanol–water partition coefficient (Wildman–Crippen LogP) is 2.34. The van der Waals surface area contributed by atoms with Crippen LogP contribution >= 0.6 is 0 Å². The number of benzene rings is 1. The zero-order valence-electron chi connectivity index (χ0n) is 10.7. The molecular formula is C15H17NO2. The summed E-state index contributed by atoms with van der Waals surface area (Å²) in [6.07, 6.45) is 0.0244. The van der Waals surface area contributed by atoms with Crippen molar-refractivity contribution in [1.29, 1.82) is 0 Å². The number of carbonyl (C=O) groups excluding carboxylic acids is 1. The van der Waals surface area contributed by atoms with Gasteiger partial charge in [-0.3, -0.25) is 9.79 Å². The quantitative estimate of drug-likeness (QED) is 0.759. The van der Waals surface area contributed by atoms with Crippen LogP contribution < -0.4 is 0 Å². The standard InChI is InChI=1S/C15H17NO2/c1-9-3-5-11(6-4-9)15-12-7-16-10(2)14(17)13(12)8-18-15/h3-6,12-13,15H,7-8H2,1-2H3. The van der Waals surface area contributed by atoms with E-state index < -0.39 is 0 Å². The number of nitrogens with zero attached hydrogens (tertiary/aromatic N) is 1. The van der Waals surface area contributed by atoms with Gasteiger partial charge in [0.25, 0.3) is 0 Å². The summed E-state index contributed by atoms with van der Waals surface area (Å²) >= 11 is 0. The molecule has 2 aliphatic heterocycles. The highest BCUT2D eigenvalue weighted by atomic mass is 16.5. The van der Waals surface area contributed by atoms with E-state index in [-0.39, 0.29) is 23.7 Å². The molecule has 94 valence electrons. The van der Waals surface area contributed by atoms with Gasteiger partial charge in [0.05, 0.1) is 24.3 Å². The van der Waals surface area contributed by atoms with Crippen molar-refractivity contribution in [3.8, 4) is 0 Å². The van der Waals surface area contributed by atoms with E-state index in [0.29, 0.717) is 18.9 Å². The van der Waals surface area contributed by atoms with Crippen LogP contribution in [0.1, 0.15) is 24.2 Å². The molecule has 0 saturated carbocycles. The third-order valence-corrected chi connectivity index (χ3v) is 4.00. The van der Waals surface area contributed by atoms with E-state index in [0.717, 1.165) is 5.56 Å². The predicted molar refractivity (Wildman–Crippen MR) is 69.8 cm³/mol. The number of ether oxygens (including phenoxy) is 1. The lowest BCUT2D eigenvalue weighted by atomic mass is 9.82. The van der Waals surface area contributed by atoms with Crippen molar-refractivity contribution in [3.63, 3.8) is 0 Å². The number of hydrogen-bond acceptors (Lipinski definition) is 3. The van der Waals surface area contributed by atoms with Crippen LogP contribution in [0.5, 0.6) is 0 Å². The fourth-order valence-corrected chi connectivity index (χ4v) is 2.85. The van der Waals surface area contributed by atoms with Crippen LogP contribution in [-0.4, -0.2) is 24.6 Å². The van der Waals surface area contributed by atoms with Gasteiger partial charge < -0.3 is 4.74 Å². The third-order valence-electron chi connectivity index (χ3n) is 4.00. The fourth-order valence-electron chi connectivity index (χ4n) is 2.85. The van der Waals surface area contributed by atoms with Crippen molar-refractivity contribution in [2.24, 2.45) is 16.8 Å². The largest absolute Gasteiger partial charge is 0.372 e. The highest BCUT2D eigenvalue weighted by Crippen LogP contribution is 2.40. The maximum atomic E-state index is 12.0. The number of rotatable bonds is 1. The zero-order valence-corrected chi connectivity index (χ0v) is 10.7. The first kappa shape index (κ1) is 11.6. The Morgan fingerprint density at radius 3 is 2.67 bits per heavy atom. The van der Waals surface area contributed by atoms with Crippen molar-refractivity contribution in [2.75, 3.05) is 13.2 Å². The summed E-state index contributed by atoms with van der Waals surface area (Å²) in [5, 5.41) is 0. The summed E-state index contributed by atoms with van der Waals surface area (Å²) in [4.78, 5) is 16.4. The van der Waals surface area contributed by atoms with Crippen LogP contribution in [0.2, 0.25) is 0 Å². The molecule has 2 aliphatic rings. The van der Waals surface area contributed by atoms with Crippen molar-refractivity contribution >= 4 is 11.5 Å². The van der Waals surface area contributed by atoms with Gasteiger partial charge in [0, 0.05) is 12.5 Å². The Bertz CT molecular complexity index is 504. The molecule has 1 aromatic carbocycles.